The van der Waals surface area contributed by atoms with Crippen molar-refractivity contribution in [2.45, 2.75) is 6.42 Å². The molecule has 0 spiro atoms. The Bertz CT molecular complexity index is 1560. The highest BCUT2D eigenvalue weighted by molar-refractivity contribution is 8.26. The number of hydrogen-bond donors (Lipinski definition) is 1. The lowest BCUT2D eigenvalue weighted by Crippen LogP contribution is -2.38. The van der Waals surface area contributed by atoms with E-state index in [-0.39, 0.29) is 11.5 Å². The SMILES string of the molecule is O=C(O)c1ccc(OCCCN2C(=O)C(=Cc3ccc(OCCN4CCOCC4)c(-c4ccc(Cl)cc4Cl)c3)SC2=S)cc1. The van der Waals surface area contributed by atoms with Crippen LogP contribution in [-0.4, -0.2) is 83.7 Å². The molecule has 2 aliphatic heterocycles. The van der Waals surface area contributed by atoms with Crippen molar-refractivity contribution in [3.05, 3.63) is 86.7 Å². The number of nitrogens with zero attached hydrogens (tertiary/aromatic N) is 2. The molecule has 0 aliphatic carbocycles. The van der Waals surface area contributed by atoms with Crippen LogP contribution in [-0.2, 0) is 9.53 Å². The number of carbonyl (C=O) groups is 2. The maximum absolute atomic E-state index is 13.3. The highest BCUT2D eigenvalue weighted by atomic mass is 35.5. The lowest BCUT2D eigenvalue weighted by molar-refractivity contribution is -0.122. The van der Waals surface area contributed by atoms with Crippen LogP contribution in [0.3, 0.4) is 0 Å². The third-order valence-corrected chi connectivity index (χ3v) is 8.99. The molecule has 3 aromatic carbocycles. The number of rotatable bonds is 12. The fraction of sp³-hybridized carbons (Fsp3) is 0.281. The Balaban J connectivity index is 1.25. The molecule has 0 atom stereocenters. The third kappa shape index (κ3) is 8.32. The van der Waals surface area contributed by atoms with E-state index in [1.807, 2.05) is 30.3 Å². The van der Waals surface area contributed by atoms with Crippen molar-refractivity contribution in [3.63, 3.8) is 0 Å². The van der Waals surface area contributed by atoms with Gasteiger partial charge in [-0.1, -0.05) is 59.3 Å². The molecule has 2 heterocycles. The van der Waals surface area contributed by atoms with Crippen LogP contribution in [0.25, 0.3) is 17.2 Å². The van der Waals surface area contributed by atoms with Gasteiger partial charge in [-0.2, -0.15) is 0 Å². The van der Waals surface area contributed by atoms with Gasteiger partial charge in [-0.05, 0) is 66.6 Å². The second-order valence-corrected chi connectivity index (χ2v) is 12.6. The van der Waals surface area contributed by atoms with Gasteiger partial charge in [0.1, 0.15) is 22.4 Å². The first-order valence-corrected chi connectivity index (χ1v) is 16.0. The summed E-state index contributed by atoms with van der Waals surface area (Å²) in [5.74, 6) is 0.0885. The van der Waals surface area contributed by atoms with E-state index < -0.39 is 5.97 Å². The Hall–Kier alpha value is -3.12. The highest BCUT2D eigenvalue weighted by Crippen LogP contribution is 2.39. The van der Waals surface area contributed by atoms with Crippen LogP contribution >= 0.6 is 47.2 Å². The Morgan fingerprint density at radius 1 is 0.977 bits per heavy atom. The molecule has 2 aliphatic rings. The number of carboxylic acid groups (broad SMARTS) is 1. The number of ether oxygens (including phenoxy) is 3. The first-order chi connectivity index (χ1) is 21.3. The maximum Gasteiger partial charge on any atom is 0.335 e. The molecule has 44 heavy (non-hydrogen) atoms. The fourth-order valence-corrected chi connectivity index (χ4v) is 6.56. The quantitative estimate of drug-likeness (QED) is 0.128. The summed E-state index contributed by atoms with van der Waals surface area (Å²) in [5, 5.41) is 10.1. The second-order valence-electron chi connectivity index (χ2n) is 10.0. The number of thioether (sulfide) groups is 1. The first kappa shape index (κ1) is 32.3. The van der Waals surface area contributed by atoms with E-state index >= 15 is 0 Å². The van der Waals surface area contributed by atoms with Crippen molar-refractivity contribution in [3.8, 4) is 22.6 Å². The topological polar surface area (TPSA) is 88.5 Å². The summed E-state index contributed by atoms with van der Waals surface area (Å²) in [6, 6.07) is 17.3. The molecule has 1 N–H and O–H groups in total. The summed E-state index contributed by atoms with van der Waals surface area (Å²) in [6.07, 6.45) is 2.38. The molecule has 0 unspecified atom stereocenters. The van der Waals surface area contributed by atoms with E-state index in [2.05, 4.69) is 4.90 Å². The molecule has 5 rings (SSSR count). The van der Waals surface area contributed by atoms with E-state index in [0.29, 0.717) is 56.9 Å². The van der Waals surface area contributed by atoms with Crippen LogP contribution in [0.2, 0.25) is 10.0 Å². The number of carbonyl (C=O) groups excluding carboxylic acids is 1. The molecule has 0 aromatic heterocycles. The summed E-state index contributed by atoms with van der Waals surface area (Å²) in [4.78, 5) is 28.7. The van der Waals surface area contributed by atoms with Gasteiger partial charge in [0.15, 0.2) is 0 Å². The molecule has 2 fully saturated rings. The molecular formula is C32H30Cl2N2O6S2. The van der Waals surface area contributed by atoms with Gasteiger partial charge in [0.05, 0.1) is 35.3 Å². The molecular weight excluding hydrogens is 643 g/mol. The molecule has 0 radical (unpaired) electrons. The average molecular weight is 674 g/mol. The molecule has 0 bridgehead atoms. The zero-order valence-electron chi connectivity index (χ0n) is 23.7. The Labute approximate surface area is 275 Å². The minimum Gasteiger partial charge on any atom is -0.494 e. The highest BCUT2D eigenvalue weighted by Gasteiger charge is 2.31. The smallest absolute Gasteiger partial charge is 0.335 e. The molecule has 2 saturated heterocycles. The predicted molar refractivity (Wildman–Crippen MR) is 178 cm³/mol. The van der Waals surface area contributed by atoms with Gasteiger partial charge in [-0.15, -0.1) is 0 Å². The monoisotopic (exact) mass is 672 g/mol. The van der Waals surface area contributed by atoms with Crippen molar-refractivity contribution < 1.29 is 28.9 Å². The van der Waals surface area contributed by atoms with E-state index in [0.717, 1.165) is 49.5 Å². The predicted octanol–water partition coefficient (Wildman–Crippen LogP) is 6.74. The number of carboxylic acids is 1. The maximum atomic E-state index is 13.3. The summed E-state index contributed by atoms with van der Waals surface area (Å²) in [6.45, 7) is 5.25. The van der Waals surface area contributed by atoms with Crippen LogP contribution in [0.5, 0.6) is 11.5 Å². The molecule has 8 nitrogen and oxygen atoms in total. The number of hydrogen-bond acceptors (Lipinski definition) is 8. The van der Waals surface area contributed by atoms with Gasteiger partial charge < -0.3 is 19.3 Å². The summed E-state index contributed by atoms with van der Waals surface area (Å²) in [7, 11) is 0. The van der Waals surface area contributed by atoms with Gasteiger partial charge in [0.25, 0.3) is 5.91 Å². The Morgan fingerprint density at radius 3 is 2.48 bits per heavy atom. The molecule has 12 heteroatoms. The van der Waals surface area contributed by atoms with Crippen molar-refractivity contribution in [2.24, 2.45) is 0 Å². The molecule has 230 valence electrons. The van der Waals surface area contributed by atoms with Crippen molar-refractivity contribution in [1.82, 2.24) is 9.80 Å². The van der Waals surface area contributed by atoms with Crippen molar-refractivity contribution >= 4 is 69.5 Å². The summed E-state index contributed by atoms with van der Waals surface area (Å²) in [5.41, 5.74) is 2.57. The van der Waals surface area contributed by atoms with E-state index in [1.54, 1.807) is 29.2 Å². The number of benzene rings is 3. The summed E-state index contributed by atoms with van der Waals surface area (Å²) < 4.78 is 17.8. The van der Waals surface area contributed by atoms with Gasteiger partial charge in [0.2, 0.25) is 0 Å². The average Bonchev–Trinajstić information content (AvgIpc) is 3.28. The van der Waals surface area contributed by atoms with Gasteiger partial charge >= 0.3 is 5.97 Å². The largest absolute Gasteiger partial charge is 0.494 e. The van der Waals surface area contributed by atoms with Crippen molar-refractivity contribution in [1.29, 1.82) is 0 Å². The zero-order chi connectivity index (χ0) is 31.1. The van der Waals surface area contributed by atoms with E-state index in [1.165, 1.54) is 23.9 Å². The Morgan fingerprint density at radius 2 is 1.75 bits per heavy atom. The first-order valence-electron chi connectivity index (χ1n) is 14.0. The van der Waals surface area contributed by atoms with Gasteiger partial charge in [-0.25, -0.2) is 4.79 Å². The Kier molecular flexibility index (Phi) is 11.2. The standard InChI is InChI=1S/C32H30Cl2N2O6S2/c33-23-5-8-25(27(34)20-23)26-18-21(2-9-28(26)42-17-13-35-11-15-40-16-12-35)19-29-30(37)36(32(43)44-29)10-1-14-41-24-6-3-22(4-7-24)31(38)39/h2-9,18-20H,1,10-17H2,(H,38,39). The van der Waals surface area contributed by atoms with Crippen molar-refractivity contribution in [2.75, 3.05) is 52.6 Å². The third-order valence-electron chi connectivity index (χ3n) is 7.06. The fourth-order valence-electron chi connectivity index (χ4n) is 4.74. The van der Waals surface area contributed by atoms with E-state index in [9.17, 15) is 9.59 Å². The number of halogens is 2. The van der Waals surface area contributed by atoms with Crippen LogP contribution in [0.1, 0.15) is 22.3 Å². The van der Waals surface area contributed by atoms with Gasteiger partial charge in [0, 0.05) is 42.3 Å². The number of morpholine rings is 1. The number of amides is 1. The van der Waals surface area contributed by atoms with Gasteiger partial charge in [-0.3, -0.25) is 14.6 Å². The lowest BCUT2D eigenvalue weighted by atomic mass is 10.0. The number of thiocarbonyl (C=S) groups is 1. The lowest BCUT2D eigenvalue weighted by Gasteiger charge is -2.26. The zero-order valence-corrected chi connectivity index (χ0v) is 26.8. The number of aromatic carboxylic acids is 1. The molecule has 1 amide bonds. The van der Waals surface area contributed by atoms with Crippen LogP contribution < -0.4 is 9.47 Å². The van der Waals surface area contributed by atoms with Crippen LogP contribution in [0, 0.1) is 0 Å². The second kappa shape index (κ2) is 15.2. The van der Waals surface area contributed by atoms with E-state index in [4.69, 9.17) is 54.7 Å². The minimum atomic E-state index is -0.993. The minimum absolute atomic E-state index is 0.164. The van der Waals surface area contributed by atoms with Crippen LogP contribution in [0.4, 0.5) is 0 Å². The molecule has 0 saturated carbocycles. The normalized spacial score (nSPS) is 16.5. The summed E-state index contributed by atoms with van der Waals surface area (Å²) >= 11 is 19.5. The van der Waals surface area contributed by atoms with Crippen LogP contribution in [0.15, 0.2) is 65.6 Å². The molecule has 3 aromatic rings.